The summed E-state index contributed by atoms with van der Waals surface area (Å²) in [5.74, 6) is -0.515. The van der Waals surface area contributed by atoms with Crippen molar-refractivity contribution in [1.82, 2.24) is 14.9 Å². The molecule has 0 aliphatic rings. The summed E-state index contributed by atoms with van der Waals surface area (Å²) >= 11 is 0. The predicted octanol–water partition coefficient (Wildman–Crippen LogP) is 2.24. The molecule has 0 unspecified atom stereocenters. The first kappa shape index (κ1) is 19.3. The van der Waals surface area contributed by atoms with Gasteiger partial charge in [-0.25, -0.2) is 4.98 Å². The monoisotopic (exact) mass is 378 g/mol. The Morgan fingerprint density at radius 2 is 1.79 bits per heavy atom. The van der Waals surface area contributed by atoms with Gasteiger partial charge >= 0.3 is 0 Å². The lowest BCUT2D eigenvalue weighted by atomic mass is 10.2. The maximum atomic E-state index is 12.4. The molecule has 0 aliphatic carbocycles. The molecule has 0 saturated heterocycles. The molecular weight excluding hydrogens is 356 g/mol. The highest BCUT2D eigenvalue weighted by atomic mass is 16.2. The van der Waals surface area contributed by atoms with Crippen LogP contribution in [0.25, 0.3) is 10.9 Å². The van der Waals surface area contributed by atoms with E-state index in [1.807, 2.05) is 37.3 Å². The van der Waals surface area contributed by atoms with Crippen LogP contribution >= 0.6 is 0 Å². The first-order chi connectivity index (χ1) is 13.5. The largest absolute Gasteiger partial charge is 0.347 e. The van der Waals surface area contributed by atoms with Gasteiger partial charge in [0.2, 0.25) is 11.8 Å². The smallest absolute Gasteiger partial charge is 0.261 e. The van der Waals surface area contributed by atoms with Crippen LogP contribution in [0.2, 0.25) is 0 Å². The molecule has 0 bridgehead atoms. The molecule has 0 spiro atoms. The Bertz CT molecular complexity index is 1060. The minimum atomic E-state index is -0.280. The molecular formula is C21H22N4O3. The second-order valence-electron chi connectivity index (χ2n) is 6.50. The molecule has 0 radical (unpaired) electrons. The zero-order valence-electron chi connectivity index (χ0n) is 15.6. The van der Waals surface area contributed by atoms with Crippen molar-refractivity contribution in [2.75, 3.05) is 11.9 Å². The molecule has 144 valence electrons. The lowest BCUT2D eigenvalue weighted by Gasteiger charge is -2.09. The lowest BCUT2D eigenvalue weighted by Crippen LogP contribution is -2.33. The van der Waals surface area contributed by atoms with Crippen molar-refractivity contribution in [2.45, 2.75) is 26.3 Å². The number of anilines is 1. The zero-order valence-corrected chi connectivity index (χ0v) is 15.6. The number of nitrogens with zero attached hydrogens (tertiary/aromatic N) is 2. The second kappa shape index (κ2) is 8.94. The van der Waals surface area contributed by atoms with Gasteiger partial charge in [0.25, 0.3) is 5.56 Å². The van der Waals surface area contributed by atoms with Gasteiger partial charge in [-0.15, -0.1) is 0 Å². The van der Waals surface area contributed by atoms with Gasteiger partial charge in [-0.05, 0) is 37.1 Å². The van der Waals surface area contributed by atoms with Gasteiger partial charge in [0.1, 0.15) is 0 Å². The van der Waals surface area contributed by atoms with E-state index in [9.17, 15) is 14.4 Å². The number of nitrogens with one attached hydrogen (secondary N) is 2. The van der Waals surface area contributed by atoms with E-state index in [2.05, 4.69) is 15.6 Å². The Labute approximate surface area is 162 Å². The van der Waals surface area contributed by atoms with Crippen LogP contribution in [0.4, 0.5) is 5.69 Å². The van der Waals surface area contributed by atoms with Crippen molar-refractivity contribution >= 4 is 28.4 Å². The fraction of sp³-hybridized carbons (Fsp3) is 0.238. The van der Waals surface area contributed by atoms with Crippen molar-refractivity contribution in [3.8, 4) is 0 Å². The highest BCUT2D eigenvalue weighted by Gasteiger charge is 2.08. The van der Waals surface area contributed by atoms with Gasteiger partial charge in [0, 0.05) is 18.7 Å². The quantitative estimate of drug-likeness (QED) is 0.659. The van der Waals surface area contributed by atoms with Gasteiger partial charge in [0.05, 0.1) is 23.8 Å². The molecule has 3 aromatic rings. The average Bonchev–Trinajstić information content (AvgIpc) is 2.70. The van der Waals surface area contributed by atoms with Crippen LogP contribution in [0.1, 0.15) is 18.4 Å². The molecule has 2 N–H and O–H groups in total. The standard InChI is InChI=1S/C21H22N4O3/c1-15-7-2-4-9-17(15)24-20(27)13-22-19(26)11-6-12-25-14-23-18-10-5-3-8-16(18)21(25)28/h2-5,7-10,14H,6,11-13H2,1H3,(H,22,26)(H,24,27). The molecule has 2 amide bonds. The van der Waals surface area contributed by atoms with Crippen molar-refractivity contribution in [1.29, 1.82) is 0 Å². The minimum absolute atomic E-state index is 0.0926. The molecule has 0 aliphatic heterocycles. The van der Waals surface area contributed by atoms with Gasteiger partial charge in [-0.1, -0.05) is 30.3 Å². The van der Waals surface area contributed by atoms with Crippen molar-refractivity contribution < 1.29 is 9.59 Å². The number of para-hydroxylation sites is 2. The number of aryl methyl sites for hydroxylation is 2. The number of rotatable bonds is 7. The topological polar surface area (TPSA) is 93.1 Å². The number of amides is 2. The van der Waals surface area contributed by atoms with E-state index in [1.165, 1.54) is 10.9 Å². The third-order valence-electron chi connectivity index (χ3n) is 4.40. The molecule has 7 heteroatoms. The summed E-state index contributed by atoms with van der Waals surface area (Å²) in [5.41, 5.74) is 2.21. The van der Waals surface area contributed by atoms with E-state index >= 15 is 0 Å². The van der Waals surface area contributed by atoms with Crippen molar-refractivity contribution in [3.63, 3.8) is 0 Å². The van der Waals surface area contributed by atoms with E-state index in [0.717, 1.165) is 11.3 Å². The Kier molecular flexibility index (Phi) is 6.16. The fourth-order valence-electron chi connectivity index (χ4n) is 2.85. The Morgan fingerprint density at radius 1 is 1.04 bits per heavy atom. The summed E-state index contributed by atoms with van der Waals surface area (Å²) in [7, 11) is 0. The number of hydrogen-bond donors (Lipinski definition) is 2. The van der Waals surface area contributed by atoms with Gasteiger partial charge in [-0.3, -0.25) is 19.0 Å². The summed E-state index contributed by atoms with van der Waals surface area (Å²) in [6, 6.07) is 14.6. The van der Waals surface area contributed by atoms with Crippen LogP contribution in [-0.2, 0) is 16.1 Å². The number of hydrogen-bond acceptors (Lipinski definition) is 4. The average molecular weight is 378 g/mol. The molecule has 28 heavy (non-hydrogen) atoms. The van der Waals surface area contributed by atoms with Crippen molar-refractivity contribution in [3.05, 3.63) is 70.8 Å². The first-order valence-corrected chi connectivity index (χ1v) is 9.11. The Morgan fingerprint density at radius 3 is 2.61 bits per heavy atom. The predicted molar refractivity (Wildman–Crippen MR) is 108 cm³/mol. The number of benzene rings is 2. The lowest BCUT2D eigenvalue weighted by molar-refractivity contribution is -0.124. The first-order valence-electron chi connectivity index (χ1n) is 9.11. The van der Waals surface area contributed by atoms with Crippen LogP contribution in [0.3, 0.4) is 0 Å². The summed E-state index contributed by atoms with van der Waals surface area (Å²) in [6.45, 7) is 2.20. The summed E-state index contributed by atoms with van der Waals surface area (Å²) in [5, 5.41) is 5.92. The summed E-state index contributed by atoms with van der Waals surface area (Å²) in [4.78, 5) is 40.6. The molecule has 2 aromatic carbocycles. The van der Waals surface area contributed by atoms with E-state index in [1.54, 1.807) is 18.2 Å². The highest BCUT2D eigenvalue weighted by Crippen LogP contribution is 2.12. The van der Waals surface area contributed by atoms with Gasteiger partial charge in [-0.2, -0.15) is 0 Å². The van der Waals surface area contributed by atoms with Crippen LogP contribution in [0.15, 0.2) is 59.7 Å². The molecule has 1 heterocycles. The highest BCUT2D eigenvalue weighted by molar-refractivity contribution is 5.95. The van der Waals surface area contributed by atoms with E-state index < -0.39 is 0 Å². The van der Waals surface area contributed by atoms with Gasteiger partial charge in [0.15, 0.2) is 0 Å². The Balaban J connectivity index is 1.45. The molecule has 0 atom stereocenters. The minimum Gasteiger partial charge on any atom is -0.347 e. The molecule has 1 aromatic heterocycles. The summed E-state index contributed by atoms with van der Waals surface area (Å²) in [6.07, 6.45) is 2.19. The van der Waals surface area contributed by atoms with E-state index in [4.69, 9.17) is 0 Å². The SMILES string of the molecule is Cc1ccccc1NC(=O)CNC(=O)CCCn1cnc2ccccc2c1=O. The number of carbonyl (C=O) groups excluding carboxylic acids is 2. The van der Waals surface area contributed by atoms with Crippen LogP contribution in [0.5, 0.6) is 0 Å². The van der Waals surface area contributed by atoms with Crippen LogP contribution < -0.4 is 16.2 Å². The molecule has 7 nitrogen and oxygen atoms in total. The third-order valence-corrected chi connectivity index (χ3v) is 4.40. The van der Waals surface area contributed by atoms with Gasteiger partial charge < -0.3 is 10.6 Å². The fourth-order valence-corrected chi connectivity index (χ4v) is 2.85. The van der Waals surface area contributed by atoms with E-state index in [-0.39, 0.29) is 30.3 Å². The Hall–Kier alpha value is -3.48. The van der Waals surface area contributed by atoms with E-state index in [0.29, 0.717) is 23.9 Å². The normalized spacial score (nSPS) is 10.6. The van der Waals surface area contributed by atoms with Crippen molar-refractivity contribution in [2.24, 2.45) is 0 Å². The number of aromatic nitrogens is 2. The molecule has 0 saturated carbocycles. The zero-order chi connectivity index (χ0) is 19.9. The molecule has 3 rings (SSSR count). The second-order valence-corrected chi connectivity index (χ2v) is 6.50. The van der Waals surface area contributed by atoms with Crippen LogP contribution in [-0.4, -0.2) is 27.9 Å². The maximum absolute atomic E-state index is 12.4. The van der Waals surface area contributed by atoms with Crippen LogP contribution in [0, 0.1) is 6.92 Å². The number of carbonyl (C=O) groups is 2. The summed E-state index contributed by atoms with van der Waals surface area (Å²) < 4.78 is 1.50. The number of fused-ring (bicyclic) bond motifs is 1. The molecule has 0 fully saturated rings. The maximum Gasteiger partial charge on any atom is 0.261 e. The third kappa shape index (κ3) is 4.82.